The number of aliphatic hydroxyl groups excluding tert-OH is 1. The van der Waals surface area contributed by atoms with Gasteiger partial charge in [0.1, 0.15) is 0 Å². The summed E-state index contributed by atoms with van der Waals surface area (Å²) in [5, 5.41) is 10.1. The number of nitrogens with two attached hydrogens (primary N) is 1. The van der Waals surface area contributed by atoms with Crippen LogP contribution in [-0.2, 0) is 14.2 Å². The number of rotatable bonds is 11. The van der Waals surface area contributed by atoms with Gasteiger partial charge in [-0.1, -0.05) is 0 Å². The first-order chi connectivity index (χ1) is 11.5. The predicted molar refractivity (Wildman–Crippen MR) is 108 cm³/mol. The Kier molecular flexibility index (Phi) is 10.3. The third-order valence-electron chi connectivity index (χ3n) is 3.87. The molecule has 158 valence electrons. The third kappa shape index (κ3) is 16.0. The molecule has 0 heterocycles. The van der Waals surface area contributed by atoms with E-state index < -0.39 is 11.8 Å². The first kappa shape index (κ1) is 25.8. The highest BCUT2D eigenvalue weighted by Crippen LogP contribution is 2.25. The summed E-state index contributed by atoms with van der Waals surface area (Å²) < 4.78 is 17.3. The molecule has 0 spiro atoms. The number of hydrogen-bond acceptors (Lipinski definition) is 5. The van der Waals surface area contributed by atoms with Gasteiger partial charge in [0, 0.05) is 18.8 Å². The maximum Gasteiger partial charge on any atom is 0.155 e. The van der Waals surface area contributed by atoms with Crippen LogP contribution in [0.3, 0.4) is 0 Å². The molecular formula is C21H45NO4. The van der Waals surface area contributed by atoms with Crippen LogP contribution in [0.5, 0.6) is 0 Å². The molecule has 0 aromatic carbocycles. The second-order valence-electron chi connectivity index (χ2n) is 10.4. The highest BCUT2D eigenvalue weighted by molar-refractivity contribution is 4.85. The molecule has 0 bridgehead atoms. The molecular weight excluding hydrogens is 330 g/mol. The van der Waals surface area contributed by atoms with Gasteiger partial charge in [-0.15, -0.1) is 0 Å². The topological polar surface area (TPSA) is 73.9 Å². The second-order valence-corrected chi connectivity index (χ2v) is 10.4. The quantitative estimate of drug-likeness (QED) is 0.414. The molecule has 0 aliphatic carbocycles. The maximum atomic E-state index is 10.1. The van der Waals surface area contributed by atoms with Crippen LogP contribution < -0.4 is 5.73 Å². The van der Waals surface area contributed by atoms with Crippen molar-refractivity contribution in [1.82, 2.24) is 0 Å². The van der Waals surface area contributed by atoms with Gasteiger partial charge in [-0.2, -0.15) is 0 Å². The van der Waals surface area contributed by atoms with E-state index >= 15 is 0 Å². The molecule has 26 heavy (non-hydrogen) atoms. The van der Waals surface area contributed by atoms with E-state index in [1.54, 1.807) is 0 Å². The molecule has 0 amide bonds. The number of ether oxygens (including phenoxy) is 3. The van der Waals surface area contributed by atoms with Crippen molar-refractivity contribution in [3.8, 4) is 0 Å². The lowest BCUT2D eigenvalue weighted by Gasteiger charge is -2.33. The highest BCUT2D eigenvalue weighted by Gasteiger charge is 2.28. The Bertz CT molecular complexity index is 379. The molecule has 3 N–H and O–H groups in total. The summed E-state index contributed by atoms with van der Waals surface area (Å²) in [6.07, 6.45) is 2.88. The minimum Gasteiger partial charge on any atom is -0.376 e. The highest BCUT2D eigenvalue weighted by atomic mass is 16.6. The minimum atomic E-state index is -0.799. The van der Waals surface area contributed by atoms with Gasteiger partial charge in [0.25, 0.3) is 0 Å². The average Bonchev–Trinajstić information content (AvgIpc) is 2.37. The van der Waals surface area contributed by atoms with E-state index in [0.29, 0.717) is 26.1 Å². The minimum absolute atomic E-state index is 0.136. The van der Waals surface area contributed by atoms with Gasteiger partial charge in [-0.25, -0.2) is 0 Å². The summed E-state index contributed by atoms with van der Waals surface area (Å²) in [5.41, 5.74) is 5.61. The Morgan fingerprint density at radius 2 is 1.23 bits per heavy atom. The molecule has 0 rings (SSSR count). The molecule has 2 atom stereocenters. The predicted octanol–water partition coefficient (Wildman–Crippen LogP) is 4.40. The molecule has 5 heteroatoms. The van der Waals surface area contributed by atoms with Crippen molar-refractivity contribution in [2.24, 2.45) is 5.73 Å². The van der Waals surface area contributed by atoms with Crippen LogP contribution in [0.15, 0.2) is 0 Å². The fourth-order valence-corrected chi connectivity index (χ4v) is 2.62. The fraction of sp³-hybridized carbons (Fsp3) is 1.00. The first-order valence-electron chi connectivity index (χ1n) is 9.94. The maximum absolute atomic E-state index is 10.1. The Morgan fingerprint density at radius 1 is 0.731 bits per heavy atom. The molecule has 0 aliphatic heterocycles. The fourth-order valence-electron chi connectivity index (χ4n) is 2.62. The third-order valence-corrected chi connectivity index (χ3v) is 3.87. The van der Waals surface area contributed by atoms with Crippen molar-refractivity contribution in [3.63, 3.8) is 0 Å². The molecule has 0 aromatic rings. The van der Waals surface area contributed by atoms with Crippen molar-refractivity contribution < 1.29 is 19.3 Å². The summed E-state index contributed by atoms with van der Waals surface area (Å²) in [6, 6.07) is 0. The van der Waals surface area contributed by atoms with Crippen molar-refractivity contribution in [2.45, 2.75) is 123 Å². The van der Waals surface area contributed by atoms with Gasteiger partial charge in [-0.3, -0.25) is 0 Å². The molecule has 0 saturated carbocycles. The smallest absolute Gasteiger partial charge is 0.155 e. The normalized spacial score (nSPS) is 17.2. The molecule has 0 saturated heterocycles. The van der Waals surface area contributed by atoms with E-state index in [9.17, 15) is 5.11 Å². The summed E-state index contributed by atoms with van der Waals surface area (Å²) in [4.78, 5) is 0. The van der Waals surface area contributed by atoms with Crippen LogP contribution in [0.25, 0.3) is 0 Å². The summed E-state index contributed by atoms with van der Waals surface area (Å²) in [7, 11) is 0. The van der Waals surface area contributed by atoms with Gasteiger partial charge in [-0.05, 0) is 94.4 Å². The Hall–Kier alpha value is -0.200. The lowest BCUT2D eigenvalue weighted by Crippen LogP contribution is -2.43. The van der Waals surface area contributed by atoms with Gasteiger partial charge in [0.15, 0.2) is 6.29 Å². The standard InChI is InChI=1S/C21H45NO4/c1-18(2,3)24-15-10-12-21(22,14-16-25-19(4,5)6)13-11-17(23)26-20(7,8)9/h17,23H,10-16,22H2,1-9H3. The van der Waals surface area contributed by atoms with E-state index in [-0.39, 0.29) is 16.8 Å². The summed E-state index contributed by atoms with van der Waals surface area (Å²) >= 11 is 0. The van der Waals surface area contributed by atoms with Crippen molar-refractivity contribution >= 4 is 0 Å². The molecule has 0 fully saturated rings. The van der Waals surface area contributed by atoms with Crippen LogP contribution in [0.4, 0.5) is 0 Å². The molecule has 5 nitrogen and oxygen atoms in total. The van der Waals surface area contributed by atoms with Crippen LogP contribution in [-0.4, -0.2) is 47.0 Å². The van der Waals surface area contributed by atoms with Crippen LogP contribution in [0, 0.1) is 0 Å². The van der Waals surface area contributed by atoms with E-state index in [1.165, 1.54) is 0 Å². The lowest BCUT2D eigenvalue weighted by atomic mass is 9.86. The van der Waals surface area contributed by atoms with Gasteiger partial charge >= 0.3 is 0 Å². The van der Waals surface area contributed by atoms with Crippen LogP contribution in [0.1, 0.15) is 94.4 Å². The molecule has 0 aromatic heterocycles. The van der Waals surface area contributed by atoms with E-state index in [2.05, 4.69) is 20.8 Å². The van der Waals surface area contributed by atoms with Crippen molar-refractivity contribution in [3.05, 3.63) is 0 Å². The van der Waals surface area contributed by atoms with E-state index in [0.717, 1.165) is 19.3 Å². The zero-order valence-electron chi connectivity index (χ0n) is 18.8. The summed E-state index contributed by atoms with van der Waals surface area (Å²) in [5.74, 6) is 0. The molecule has 0 aliphatic rings. The SMILES string of the molecule is CC(C)(C)OCCCC(N)(CCOC(C)(C)C)CCC(O)OC(C)(C)C. The first-order valence-corrected chi connectivity index (χ1v) is 9.94. The average molecular weight is 376 g/mol. The van der Waals surface area contributed by atoms with Crippen LogP contribution >= 0.6 is 0 Å². The zero-order valence-corrected chi connectivity index (χ0v) is 18.8. The van der Waals surface area contributed by atoms with Crippen molar-refractivity contribution in [1.29, 1.82) is 0 Å². The molecule has 2 unspecified atom stereocenters. The largest absolute Gasteiger partial charge is 0.376 e. The Labute approximate surface area is 162 Å². The zero-order chi connectivity index (χ0) is 20.6. The Balaban J connectivity index is 4.60. The van der Waals surface area contributed by atoms with Gasteiger partial charge < -0.3 is 25.1 Å². The van der Waals surface area contributed by atoms with Crippen molar-refractivity contribution in [2.75, 3.05) is 13.2 Å². The number of hydrogen-bond donors (Lipinski definition) is 2. The van der Waals surface area contributed by atoms with Gasteiger partial charge in [0.05, 0.1) is 16.8 Å². The van der Waals surface area contributed by atoms with Gasteiger partial charge in [0.2, 0.25) is 0 Å². The number of aliphatic hydroxyl groups is 1. The second kappa shape index (κ2) is 10.4. The monoisotopic (exact) mass is 375 g/mol. The summed E-state index contributed by atoms with van der Waals surface area (Å²) in [6.45, 7) is 19.4. The van der Waals surface area contributed by atoms with Crippen LogP contribution in [0.2, 0.25) is 0 Å². The molecule has 0 radical (unpaired) electrons. The van der Waals surface area contributed by atoms with E-state index in [1.807, 2.05) is 41.5 Å². The Morgan fingerprint density at radius 3 is 1.69 bits per heavy atom. The van der Waals surface area contributed by atoms with E-state index in [4.69, 9.17) is 19.9 Å². The lowest BCUT2D eigenvalue weighted by molar-refractivity contribution is -0.170.